The van der Waals surface area contributed by atoms with E-state index in [1.165, 1.54) is 6.07 Å². The molecule has 4 nitrogen and oxygen atoms in total. The maximum atomic E-state index is 13.3. The lowest BCUT2D eigenvalue weighted by Crippen LogP contribution is -2.46. The van der Waals surface area contributed by atoms with Crippen LogP contribution in [-0.4, -0.2) is 40.6 Å². The Morgan fingerprint density at radius 2 is 2.03 bits per heavy atom. The fourth-order valence-electron chi connectivity index (χ4n) is 5.27. The number of rotatable bonds is 4. The Morgan fingerprint density at radius 3 is 2.70 bits per heavy atom. The smallest absolute Gasteiger partial charge is 0.416 e. The molecule has 1 saturated heterocycles. The highest BCUT2D eigenvalue weighted by atomic mass is 19.4. The van der Waals surface area contributed by atoms with Gasteiger partial charge in [0.05, 0.1) is 11.0 Å². The Labute approximate surface area is 174 Å². The minimum atomic E-state index is -4.35. The summed E-state index contributed by atoms with van der Waals surface area (Å²) in [4.78, 5) is 17.1. The van der Waals surface area contributed by atoms with Crippen LogP contribution in [0.2, 0.25) is 0 Å². The topological polar surface area (TPSA) is 56.3 Å². The van der Waals surface area contributed by atoms with Crippen LogP contribution >= 0.6 is 0 Å². The second-order valence-corrected chi connectivity index (χ2v) is 9.72. The molecule has 1 aliphatic carbocycles. The van der Waals surface area contributed by atoms with Crippen molar-refractivity contribution in [3.63, 3.8) is 0 Å². The summed E-state index contributed by atoms with van der Waals surface area (Å²) in [5.74, 6) is 0.248. The number of nitrogens with zero attached hydrogens (tertiary/aromatic N) is 1. The molecule has 0 amide bonds. The summed E-state index contributed by atoms with van der Waals surface area (Å²) in [6, 6.07) is 3.98. The summed E-state index contributed by atoms with van der Waals surface area (Å²) < 4.78 is 39.8. The molecule has 1 fully saturated rings. The van der Waals surface area contributed by atoms with Crippen LogP contribution in [-0.2, 0) is 17.4 Å². The van der Waals surface area contributed by atoms with Gasteiger partial charge in [0.15, 0.2) is 0 Å². The minimum absolute atomic E-state index is 0.159. The van der Waals surface area contributed by atoms with Gasteiger partial charge in [-0.1, -0.05) is 6.92 Å². The lowest BCUT2D eigenvalue weighted by molar-refractivity contribution is -0.147. The first-order chi connectivity index (χ1) is 14.0. The number of H-pyrrole nitrogens is 1. The molecule has 2 aliphatic rings. The zero-order valence-electron chi connectivity index (χ0n) is 17.6. The van der Waals surface area contributed by atoms with Gasteiger partial charge in [-0.05, 0) is 87.7 Å². The van der Waals surface area contributed by atoms with Gasteiger partial charge in [-0.3, -0.25) is 4.79 Å². The quantitative estimate of drug-likeness (QED) is 0.704. The van der Waals surface area contributed by atoms with Gasteiger partial charge >= 0.3 is 12.1 Å². The highest BCUT2D eigenvalue weighted by Gasteiger charge is 2.41. The molecule has 4 rings (SSSR count). The van der Waals surface area contributed by atoms with Crippen LogP contribution in [0.5, 0.6) is 0 Å². The van der Waals surface area contributed by atoms with E-state index in [9.17, 15) is 23.1 Å². The molecular formula is C23H29F3N2O2. The number of hydrogen-bond donors (Lipinski definition) is 2. The van der Waals surface area contributed by atoms with Crippen molar-refractivity contribution in [1.29, 1.82) is 0 Å². The third kappa shape index (κ3) is 3.72. The summed E-state index contributed by atoms with van der Waals surface area (Å²) in [5.41, 5.74) is 1.53. The Bertz CT molecular complexity index is 963. The first-order valence-electron chi connectivity index (χ1n) is 10.6. The molecule has 1 aliphatic heterocycles. The number of aliphatic carboxylic acids is 1. The molecule has 2 aromatic rings. The highest BCUT2D eigenvalue weighted by Crippen LogP contribution is 2.47. The van der Waals surface area contributed by atoms with Crippen LogP contribution in [0, 0.1) is 17.3 Å². The predicted molar refractivity (Wildman–Crippen MR) is 109 cm³/mol. The normalized spacial score (nSPS) is 25.2. The zero-order chi connectivity index (χ0) is 21.8. The maximum Gasteiger partial charge on any atom is 0.416 e. The Kier molecular flexibility index (Phi) is 5.16. The summed E-state index contributed by atoms with van der Waals surface area (Å²) in [7, 11) is 0. The summed E-state index contributed by atoms with van der Waals surface area (Å²) in [6.07, 6.45) is -1.86. The van der Waals surface area contributed by atoms with Crippen molar-refractivity contribution in [2.24, 2.45) is 17.3 Å². The third-order valence-corrected chi connectivity index (χ3v) is 7.33. The Hall–Kier alpha value is -2.02. The molecule has 2 N–H and O–H groups in total. The van der Waals surface area contributed by atoms with Gasteiger partial charge in [0, 0.05) is 23.1 Å². The van der Waals surface area contributed by atoms with Gasteiger partial charge in [0.25, 0.3) is 0 Å². The number of carboxylic acid groups (broad SMARTS) is 1. The number of fused-ring (bicyclic) bond motifs is 4. The number of piperidine rings is 1. The second-order valence-electron chi connectivity index (χ2n) is 9.72. The van der Waals surface area contributed by atoms with Crippen LogP contribution in [0.3, 0.4) is 0 Å². The third-order valence-electron chi connectivity index (χ3n) is 7.33. The molecule has 1 unspecified atom stereocenters. The molecular weight excluding hydrogens is 393 g/mol. The second kappa shape index (κ2) is 7.29. The molecule has 2 heterocycles. The van der Waals surface area contributed by atoms with Crippen LogP contribution in [0.1, 0.15) is 56.4 Å². The number of likely N-dealkylation sites (tertiary alicyclic amines) is 1. The summed E-state index contributed by atoms with van der Waals surface area (Å²) in [5, 5.41) is 10.1. The number of hydrogen-bond acceptors (Lipinski definition) is 2. The van der Waals surface area contributed by atoms with E-state index in [4.69, 9.17) is 0 Å². The summed E-state index contributed by atoms with van der Waals surface area (Å²) >= 11 is 0. The lowest BCUT2D eigenvalue weighted by Gasteiger charge is -2.45. The van der Waals surface area contributed by atoms with Gasteiger partial charge < -0.3 is 15.0 Å². The van der Waals surface area contributed by atoms with Gasteiger partial charge in [-0.15, -0.1) is 0 Å². The van der Waals surface area contributed by atoms with E-state index in [0.29, 0.717) is 23.6 Å². The van der Waals surface area contributed by atoms with Crippen LogP contribution in [0.4, 0.5) is 13.2 Å². The number of nitrogens with one attached hydrogen (secondary N) is 1. The minimum Gasteiger partial charge on any atom is -0.481 e. The van der Waals surface area contributed by atoms with Crippen molar-refractivity contribution in [3.8, 4) is 0 Å². The van der Waals surface area contributed by atoms with Crippen molar-refractivity contribution in [3.05, 3.63) is 35.0 Å². The number of aromatic nitrogens is 1. The Balaban J connectivity index is 1.58. The number of aromatic amines is 1. The van der Waals surface area contributed by atoms with Gasteiger partial charge in [-0.25, -0.2) is 0 Å². The monoisotopic (exact) mass is 422 g/mol. The molecule has 0 radical (unpaired) electrons. The van der Waals surface area contributed by atoms with Crippen molar-refractivity contribution in [2.75, 3.05) is 19.6 Å². The average molecular weight is 422 g/mol. The average Bonchev–Trinajstić information content (AvgIpc) is 3.03. The predicted octanol–water partition coefficient (Wildman–Crippen LogP) is 5.29. The largest absolute Gasteiger partial charge is 0.481 e. The molecule has 1 aromatic heterocycles. The lowest BCUT2D eigenvalue weighted by atomic mass is 9.68. The molecule has 0 saturated carbocycles. The molecule has 164 valence electrons. The number of carbonyl (C=O) groups is 1. The van der Waals surface area contributed by atoms with Gasteiger partial charge in [0.2, 0.25) is 0 Å². The van der Waals surface area contributed by atoms with Crippen molar-refractivity contribution in [2.45, 2.75) is 52.1 Å². The van der Waals surface area contributed by atoms with Crippen molar-refractivity contribution in [1.82, 2.24) is 9.88 Å². The fraction of sp³-hybridized carbons (Fsp3) is 0.609. The molecule has 3 atom stereocenters. The van der Waals surface area contributed by atoms with E-state index in [1.54, 1.807) is 19.9 Å². The van der Waals surface area contributed by atoms with E-state index in [1.807, 2.05) is 0 Å². The number of benzene rings is 1. The van der Waals surface area contributed by atoms with Crippen molar-refractivity contribution >= 4 is 16.9 Å². The van der Waals surface area contributed by atoms with Crippen LogP contribution in [0.25, 0.3) is 10.9 Å². The van der Waals surface area contributed by atoms with E-state index >= 15 is 0 Å². The number of carboxylic acids is 1. The molecule has 30 heavy (non-hydrogen) atoms. The SMILES string of the molecule is C[C@H]1c2c([nH]c3ccc(C(F)(F)F)cc23)C[C@H]2CCN(CCC(C)(C)C(=O)O)CC21. The van der Waals surface area contributed by atoms with E-state index in [-0.39, 0.29) is 5.92 Å². The van der Waals surface area contributed by atoms with E-state index in [0.717, 1.165) is 55.3 Å². The molecule has 0 spiro atoms. The number of halogens is 3. The van der Waals surface area contributed by atoms with Gasteiger partial charge in [-0.2, -0.15) is 13.2 Å². The van der Waals surface area contributed by atoms with Crippen LogP contribution in [0.15, 0.2) is 18.2 Å². The first kappa shape index (κ1) is 21.2. The summed E-state index contributed by atoms with van der Waals surface area (Å²) in [6.45, 7) is 8.18. The standard InChI is InChI=1S/C23H29F3N2O2/c1-13-17-12-28(9-7-22(2,3)21(29)30)8-6-14(17)10-19-20(13)16-11-15(23(24,25)26)4-5-18(16)27-19/h4-5,11,13-14,17,27H,6-10,12H2,1-3H3,(H,29,30)/t13-,14-,17?/m1/s1. The first-order valence-corrected chi connectivity index (χ1v) is 10.6. The Morgan fingerprint density at radius 1 is 1.30 bits per heavy atom. The molecule has 1 aromatic carbocycles. The highest BCUT2D eigenvalue weighted by molar-refractivity contribution is 5.86. The number of alkyl halides is 3. The van der Waals surface area contributed by atoms with Gasteiger partial charge in [0.1, 0.15) is 0 Å². The molecule has 0 bridgehead atoms. The van der Waals surface area contributed by atoms with E-state index in [2.05, 4.69) is 16.8 Å². The van der Waals surface area contributed by atoms with Crippen LogP contribution < -0.4 is 0 Å². The maximum absolute atomic E-state index is 13.3. The van der Waals surface area contributed by atoms with Crippen molar-refractivity contribution < 1.29 is 23.1 Å². The molecule has 7 heteroatoms. The fourth-order valence-corrected chi connectivity index (χ4v) is 5.27. The zero-order valence-corrected chi connectivity index (χ0v) is 17.6. The van der Waals surface area contributed by atoms with E-state index < -0.39 is 23.1 Å².